The number of hydrogen-bond acceptors (Lipinski definition) is 4. The number of nitrogens with one attached hydrogen (secondary N) is 3. The van der Waals surface area contributed by atoms with Gasteiger partial charge in [0.15, 0.2) is 11.7 Å². The lowest BCUT2D eigenvalue weighted by atomic mass is 10.2. The highest BCUT2D eigenvalue weighted by Gasteiger charge is 2.09. The van der Waals surface area contributed by atoms with Gasteiger partial charge in [0.05, 0.1) is 4.47 Å². The summed E-state index contributed by atoms with van der Waals surface area (Å²) in [5.74, 6) is -0.303. The quantitative estimate of drug-likeness (QED) is 0.457. The number of hydrazine groups is 1. The van der Waals surface area contributed by atoms with E-state index in [0.29, 0.717) is 15.8 Å². The molecule has 2 aromatic rings. The van der Waals surface area contributed by atoms with E-state index in [1.807, 2.05) is 0 Å². The van der Waals surface area contributed by atoms with Gasteiger partial charge in [0.1, 0.15) is 5.75 Å². The van der Waals surface area contributed by atoms with Crippen LogP contribution < -0.4 is 20.9 Å². The van der Waals surface area contributed by atoms with Crippen molar-refractivity contribution in [3.05, 3.63) is 63.0 Å². The molecule has 6 nitrogen and oxygen atoms in total. The fraction of sp³-hybridized carbons (Fsp3) is 0.0625. The van der Waals surface area contributed by atoms with Crippen LogP contribution >= 0.6 is 44.1 Å². The Bertz CT molecular complexity index is 787. The molecule has 0 atom stereocenters. The third-order valence-corrected chi connectivity index (χ3v) is 4.15. The number of amides is 2. The van der Waals surface area contributed by atoms with E-state index in [2.05, 4.69) is 48.0 Å². The number of ether oxygens (including phenoxy) is 1. The summed E-state index contributed by atoms with van der Waals surface area (Å²) in [4.78, 5) is 23.6. The van der Waals surface area contributed by atoms with E-state index in [1.54, 1.807) is 48.5 Å². The van der Waals surface area contributed by atoms with Crippen molar-refractivity contribution in [1.82, 2.24) is 16.2 Å². The summed E-state index contributed by atoms with van der Waals surface area (Å²) in [5.41, 5.74) is 5.32. The summed E-state index contributed by atoms with van der Waals surface area (Å²) in [6, 6.07) is 13.9. The monoisotopic (exact) mass is 485 g/mol. The van der Waals surface area contributed by atoms with Crippen molar-refractivity contribution < 1.29 is 14.3 Å². The minimum atomic E-state index is -0.457. The summed E-state index contributed by atoms with van der Waals surface area (Å²) in [6.07, 6.45) is 0. The molecule has 0 aliphatic heterocycles. The average molecular weight is 487 g/mol. The van der Waals surface area contributed by atoms with Crippen LogP contribution in [0.3, 0.4) is 0 Å². The maximum absolute atomic E-state index is 11.8. The Kier molecular flexibility index (Phi) is 7.35. The van der Waals surface area contributed by atoms with Gasteiger partial charge in [-0.15, -0.1) is 0 Å². The van der Waals surface area contributed by atoms with E-state index in [4.69, 9.17) is 17.0 Å². The van der Waals surface area contributed by atoms with Crippen molar-refractivity contribution in [2.75, 3.05) is 6.61 Å². The molecule has 130 valence electrons. The first-order valence-corrected chi connectivity index (χ1v) is 8.98. The van der Waals surface area contributed by atoms with Gasteiger partial charge < -0.3 is 4.74 Å². The fourth-order valence-electron chi connectivity index (χ4n) is 1.70. The Labute approximate surface area is 166 Å². The zero-order valence-electron chi connectivity index (χ0n) is 12.7. The van der Waals surface area contributed by atoms with Crippen molar-refractivity contribution in [2.24, 2.45) is 0 Å². The fourth-order valence-corrected chi connectivity index (χ4v) is 3.03. The molecule has 0 saturated carbocycles. The Balaban J connectivity index is 1.74. The molecule has 0 saturated heterocycles. The molecule has 0 unspecified atom stereocenters. The third-order valence-electron chi connectivity index (χ3n) is 2.83. The minimum absolute atomic E-state index is 0.0345. The summed E-state index contributed by atoms with van der Waals surface area (Å²) >= 11 is 11.6. The minimum Gasteiger partial charge on any atom is -0.483 e. The number of rotatable bonds is 4. The molecule has 2 amide bonds. The van der Waals surface area contributed by atoms with Crippen molar-refractivity contribution in [3.63, 3.8) is 0 Å². The molecule has 9 heteroatoms. The van der Waals surface area contributed by atoms with E-state index in [1.165, 1.54) is 0 Å². The molecule has 0 radical (unpaired) electrons. The molecular formula is C16H13Br2N3O3S. The lowest BCUT2D eigenvalue weighted by Crippen LogP contribution is -2.49. The number of carbonyl (C=O) groups is 2. The van der Waals surface area contributed by atoms with Gasteiger partial charge in [0.25, 0.3) is 11.8 Å². The maximum Gasteiger partial charge on any atom is 0.269 e. The van der Waals surface area contributed by atoms with Crippen LogP contribution in [0.5, 0.6) is 5.75 Å². The molecule has 0 aromatic heterocycles. The van der Waals surface area contributed by atoms with Gasteiger partial charge in [-0.3, -0.25) is 25.8 Å². The predicted molar refractivity (Wildman–Crippen MR) is 105 cm³/mol. The predicted octanol–water partition coefficient (Wildman–Crippen LogP) is 2.93. The zero-order chi connectivity index (χ0) is 18.2. The number of hydrogen-bond donors (Lipinski definition) is 3. The molecule has 0 aliphatic rings. The molecule has 25 heavy (non-hydrogen) atoms. The second-order valence-electron chi connectivity index (χ2n) is 4.69. The van der Waals surface area contributed by atoms with Crippen LogP contribution in [0.2, 0.25) is 0 Å². The topological polar surface area (TPSA) is 79.5 Å². The smallest absolute Gasteiger partial charge is 0.269 e. The van der Waals surface area contributed by atoms with Gasteiger partial charge in [-0.1, -0.05) is 34.1 Å². The van der Waals surface area contributed by atoms with Crippen LogP contribution in [-0.2, 0) is 4.79 Å². The summed E-state index contributed by atoms with van der Waals surface area (Å²) in [5, 5.41) is 2.37. The van der Waals surface area contributed by atoms with Crippen molar-refractivity contribution >= 4 is 61.0 Å². The molecule has 0 fully saturated rings. The number of halogens is 2. The lowest BCUT2D eigenvalue weighted by Gasteiger charge is -2.12. The van der Waals surface area contributed by atoms with Gasteiger partial charge in [-0.05, 0) is 58.5 Å². The molecule has 2 rings (SSSR count). The number of carbonyl (C=O) groups excluding carboxylic acids is 2. The van der Waals surface area contributed by atoms with Crippen molar-refractivity contribution in [3.8, 4) is 5.75 Å². The summed E-state index contributed by atoms with van der Waals surface area (Å²) in [6.45, 7) is -0.227. The van der Waals surface area contributed by atoms with E-state index < -0.39 is 5.91 Å². The standard InChI is InChI=1S/C16H13Br2N3O3S/c17-11-6-7-13(12(18)8-11)24-9-14(22)19-16(25)21-20-15(23)10-4-2-1-3-5-10/h1-8H,9H2,(H,20,23)(H2,19,21,22,25). The Morgan fingerprint density at radius 1 is 1.04 bits per heavy atom. The van der Waals surface area contributed by atoms with E-state index in [0.717, 1.165) is 4.47 Å². The van der Waals surface area contributed by atoms with Gasteiger partial charge in [-0.25, -0.2) is 0 Å². The normalized spacial score (nSPS) is 9.84. The van der Waals surface area contributed by atoms with E-state index in [9.17, 15) is 9.59 Å². The molecular weight excluding hydrogens is 474 g/mol. The van der Waals surface area contributed by atoms with Crippen LogP contribution in [0, 0.1) is 0 Å². The summed E-state index contributed by atoms with van der Waals surface area (Å²) in [7, 11) is 0. The molecule has 0 spiro atoms. The lowest BCUT2D eigenvalue weighted by molar-refractivity contribution is -0.121. The van der Waals surface area contributed by atoms with Gasteiger partial charge in [0, 0.05) is 10.0 Å². The van der Waals surface area contributed by atoms with Crippen molar-refractivity contribution in [1.29, 1.82) is 0 Å². The molecule has 3 N–H and O–H groups in total. The Morgan fingerprint density at radius 3 is 2.44 bits per heavy atom. The molecule has 0 aliphatic carbocycles. The van der Waals surface area contributed by atoms with Crippen molar-refractivity contribution in [2.45, 2.75) is 0 Å². The SMILES string of the molecule is O=C(COc1ccc(Br)cc1Br)NC(=S)NNC(=O)c1ccccc1. The van der Waals surface area contributed by atoms with Gasteiger partial charge >= 0.3 is 0 Å². The first-order valence-electron chi connectivity index (χ1n) is 6.99. The van der Waals surface area contributed by atoms with Crippen LogP contribution in [0.25, 0.3) is 0 Å². The van der Waals surface area contributed by atoms with Crippen LogP contribution in [0.1, 0.15) is 10.4 Å². The number of benzene rings is 2. The van der Waals surface area contributed by atoms with E-state index >= 15 is 0 Å². The molecule has 0 heterocycles. The second-order valence-corrected chi connectivity index (χ2v) is 6.86. The average Bonchev–Trinajstić information content (AvgIpc) is 2.59. The molecule has 0 bridgehead atoms. The molecule has 2 aromatic carbocycles. The van der Waals surface area contributed by atoms with Crippen LogP contribution in [-0.4, -0.2) is 23.5 Å². The Hall–Kier alpha value is -1.97. The highest BCUT2D eigenvalue weighted by atomic mass is 79.9. The van der Waals surface area contributed by atoms with Gasteiger partial charge in [-0.2, -0.15) is 0 Å². The van der Waals surface area contributed by atoms with E-state index in [-0.39, 0.29) is 17.6 Å². The number of thiocarbonyl (C=S) groups is 1. The maximum atomic E-state index is 11.8. The highest BCUT2D eigenvalue weighted by Crippen LogP contribution is 2.27. The first kappa shape index (κ1) is 19.4. The Morgan fingerprint density at radius 2 is 1.76 bits per heavy atom. The largest absolute Gasteiger partial charge is 0.483 e. The van der Waals surface area contributed by atoms with Crippen LogP contribution in [0.15, 0.2) is 57.5 Å². The highest BCUT2D eigenvalue weighted by molar-refractivity contribution is 9.11. The second kappa shape index (κ2) is 9.50. The third kappa shape index (κ3) is 6.45. The van der Waals surface area contributed by atoms with Gasteiger partial charge in [0.2, 0.25) is 0 Å². The zero-order valence-corrected chi connectivity index (χ0v) is 16.7. The summed E-state index contributed by atoms with van der Waals surface area (Å²) < 4.78 is 6.99. The first-order chi connectivity index (χ1) is 12.0. The van der Waals surface area contributed by atoms with Crippen LogP contribution in [0.4, 0.5) is 0 Å².